The molecule has 0 saturated carbocycles. The molecule has 0 fully saturated rings. The monoisotopic (exact) mass is 274 g/mol. The van der Waals surface area contributed by atoms with E-state index in [1.165, 1.54) is 0 Å². The lowest BCUT2D eigenvalue weighted by atomic mass is 10.3. The van der Waals surface area contributed by atoms with Crippen molar-refractivity contribution in [3.05, 3.63) is 46.9 Å². The van der Waals surface area contributed by atoms with E-state index in [0.29, 0.717) is 17.3 Å². The molecule has 2 rings (SSSR count). The maximum absolute atomic E-state index is 8.99. The summed E-state index contributed by atoms with van der Waals surface area (Å²) in [6.07, 6.45) is 2.89. The van der Waals surface area contributed by atoms with Gasteiger partial charge in [0.2, 0.25) is 0 Å². The SMILES string of the molecule is CCCNc1ccc(Cl)c(Cn2cccc2C#N)n1. The average molecular weight is 275 g/mol. The van der Waals surface area contributed by atoms with Gasteiger partial charge in [-0.3, -0.25) is 0 Å². The fourth-order valence-corrected chi connectivity index (χ4v) is 1.93. The molecule has 0 saturated heterocycles. The highest BCUT2D eigenvalue weighted by atomic mass is 35.5. The molecule has 2 aromatic rings. The smallest absolute Gasteiger partial charge is 0.126 e. The van der Waals surface area contributed by atoms with E-state index < -0.39 is 0 Å². The van der Waals surface area contributed by atoms with Crippen LogP contribution < -0.4 is 5.32 Å². The third-order valence-electron chi connectivity index (χ3n) is 2.74. The van der Waals surface area contributed by atoms with Crippen molar-refractivity contribution >= 4 is 17.4 Å². The molecule has 0 amide bonds. The maximum atomic E-state index is 8.99. The average Bonchev–Trinajstić information content (AvgIpc) is 2.87. The van der Waals surface area contributed by atoms with Crippen LogP contribution in [0.3, 0.4) is 0 Å². The summed E-state index contributed by atoms with van der Waals surface area (Å²) in [6.45, 7) is 3.47. The predicted molar refractivity (Wildman–Crippen MR) is 76.3 cm³/mol. The number of aromatic nitrogens is 2. The molecule has 0 aliphatic carbocycles. The molecule has 19 heavy (non-hydrogen) atoms. The number of hydrogen-bond donors (Lipinski definition) is 1. The van der Waals surface area contributed by atoms with Gasteiger partial charge in [0.15, 0.2) is 0 Å². The zero-order valence-corrected chi connectivity index (χ0v) is 11.5. The molecular weight excluding hydrogens is 260 g/mol. The molecule has 0 aromatic carbocycles. The highest BCUT2D eigenvalue weighted by Crippen LogP contribution is 2.18. The van der Waals surface area contributed by atoms with E-state index in [9.17, 15) is 0 Å². The Bertz CT molecular complexity index is 598. The van der Waals surface area contributed by atoms with Crippen LogP contribution in [0.25, 0.3) is 0 Å². The fourth-order valence-electron chi connectivity index (χ4n) is 1.76. The summed E-state index contributed by atoms with van der Waals surface area (Å²) in [4.78, 5) is 4.49. The lowest BCUT2D eigenvalue weighted by molar-refractivity contribution is 0.770. The molecule has 5 heteroatoms. The molecule has 0 spiro atoms. The molecule has 0 radical (unpaired) electrons. The lowest BCUT2D eigenvalue weighted by Gasteiger charge is -2.09. The first-order chi connectivity index (χ1) is 9.24. The van der Waals surface area contributed by atoms with Gasteiger partial charge in [-0.25, -0.2) is 4.98 Å². The second-order valence-corrected chi connectivity index (χ2v) is 4.59. The van der Waals surface area contributed by atoms with Crippen molar-refractivity contribution in [3.63, 3.8) is 0 Å². The van der Waals surface area contributed by atoms with Crippen LogP contribution in [0, 0.1) is 11.3 Å². The Balaban J connectivity index is 2.22. The molecule has 0 bridgehead atoms. The van der Waals surface area contributed by atoms with Crippen molar-refractivity contribution < 1.29 is 0 Å². The van der Waals surface area contributed by atoms with Gasteiger partial charge >= 0.3 is 0 Å². The van der Waals surface area contributed by atoms with E-state index in [-0.39, 0.29) is 0 Å². The first kappa shape index (κ1) is 13.4. The van der Waals surface area contributed by atoms with E-state index in [4.69, 9.17) is 16.9 Å². The van der Waals surface area contributed by atoms with Gasteiger partial charge in [-0.1, -0.05) is 18.5 Å². The van der Waals surface area contributed by atoms with Crippen LogP contribution >= 0.6 is 11.6 Å². The number of halogens is 1. The van der Waals surface area contributed by atoms with Gasteiger partial charge in [0.05, 0.1) is 17.3 Å². The standard InChI is InChI=1S/C14H15ClN4/c1-2-7-17-14-6-5-12(15)13(18-14)10-19-8-3-4-11(19)9-16/h3-6,8H,2,7,10H2,1H3,(H,17,18). The summed E-state index contributed by atoms with van der Waals surface area (Å²) in [5.74, 6) is 0.812. The van der Waals surface area contributed by atoms with Crippen molar-refractivity contribution in [2.45, 2.75) is 19.9 Å². The number of pyridine rings is 1. The van der Waals surface area contributed by atoms with Gasteiger partial charge in [0, 0.05) is 12.7 Å². The van der Waals surface area contributed by atoms with Gasteiger partial charge < -0.3 is 9.88 Å². The molecule has 2 heterocycles. The normalized spacial score (nSPS) is 10.2. The van der Waals surface area contributed by atoms with Crippen LogP contribution in [0.15, 0.2) is 30.5 Å². The molecule has 2 aromatic heterocycles. The first-order valence-electron chi connectivity index (χ1n) is 6.19. The fraction of sp³-hybridized carbons (Fsp3) is 0.286. The Kier molecular flexibility index (Phi) is 4.43. The highest BCUT2D eigenvalue weighted by molar-refractivity contribution is 6.31. The van der Waals surface area contributed by atoms with Crippen molar-refractivity contribution in [2.75, 3.05) is 11.9 Å². The van der Waals surface area contributed by atoms with Gasteiger partial charge in [-0.2, -0.15) is 5.26 Å². The van der Waals surface area contributed by atoms with Crippen LogP contribution in [0.5, 0.6) is 0 Å². The topological polar surface area (TPSA) is 53.6 Å². The van der Waals surface area contributed by atoms with Crippen molar-refractivity contribution in [2.24, 2.45) is 0 Å². The molecule has 4 nitrogen and oxygen atoms in total. The van der Waals surface area contributed by atoms with Gasteiger partial charge in [-0.05, 0) is 30.7 Å². The molecule has 1 N–H and O–H groups in total. The third-order valence-corrected chi connectivity index (χ3v) is 3.08. The van der Waals surface area contributed by atoms with E-state index in [0.717, 1.165) is 24.5 Å². The van der Waals surface area contributed by atoms with E-state index in [2.05, 4.69) is 23.3 Å². The number of nitrogens with zero attached hydrogens (tertiary/aromatic N) is 3. The minimum Gasteiger partial charge on any atom is -0.370 e. The number of nitriles is 1. The van der Waals surface area contributed by atoms with E-state index in [1.807, 2.05) is 29.0 Å². The number of rotatable bonds is 5. The minimum atomic E-state index is 0.496. The minimum absolute atomic E-state index is 0.496. The number of nitrogens with one attached hydrogen (secondary N) is 1. The van der Waals surface area contributed by atoms with Crippen LogP contribution in [0.1, 0.15) is 24.7 Å². The van der Waals surface area contributed by atoms with Crippen LogP contribution in [-0.4, -0.2) is 16.1 Å². The lowest BCUT2D eigenvalue weighted by Crippen LogP contribution is -2.07. The molecule has 0 aliphatic rings. The molecule has 0 atom stereocenters. The second-order valence-electron chi connectivity index (χ2n) is 4.18. The summed E-state index contributed by atoms with van der Waals surface area (Å²) in [5, 5.41) is 12.8. The van der Waals surface area contributed by atoms with E-state index >= 15 is 0 Å². The van der Waals surface area contributed by atoms with Crippen molar-refractivity contribution in [1.29, 1.82) is 5.26 Å². The summed E-state index contributed by atoms with van der Waals surface area (Å²) in [5.41, 5.74) is 1.36. The Morgan fingerprint density at radius 1 is 1.42 bits per heavy atom. The van der Waals surface area contributed by atoms with Gasteiger partial charge in [-0.15, -0.1) is 0 Å². The highest BCUT2D eigenvalue weighted by Gasteiger charge is 2.07. The third kappa shape index (κ3) is 3.27. The number of hydrogen-bond acceptors (Lipinski definition) is 3. The molecular formula is C14H15ClN4. The van der Waals surface area contributed by atoms with Crippen LogP contribution in [0.2, 0.25) is 5.02 Å². The van der Waals surface area contributed by atoms with Gasteiger partial charge in [0.25, 0.3) is 0 Å². The molecule has 0 aliphatic heterocycles. The van der Waals surface area contributed by atoms with E-state index in [1.54, 1.807) is 6.07 Å². The largest absolute Gasteiger partial charge is 0.370 e. The number of anilines is 1. The zero-order chi connectivity index (χ0) is 13.7. The van der Waals surface area contributed by atoms with Crippen molar-refractivity contribution in [1.82, 2.24) is 9.55 Å². The van der Waals surface area contributed by atoms with Gasteiger partial charge in [0.1, 0.15) is 17.6 Å². The zero-order valence-electron chi connectivity index (χ0n) is 10.7. The predicted octanol–water partition coefficient (Wildman–Crippen LogP) is 3.28. The Hall–Kier alpha value is -1.99. The van der Waals surface area contributed by atoms with Crippen LogP contribution in [-0.2, 0) is 6.54 Å². The van der Waals surface area contributed by atoms with Crippen molar-refractivity contribution in [3.8, 4) is 6.07 Å². The first-order valence-corrected chi connectivity index (χ1v) is 6.57. The maximum Gasteiger partial charge on any atom is 0.126 e. The summed E-state index contributed by atoms with van der Waals surface area (Å²) < 4.78 is 1.83. The Labute approximate surface area is 117 Å². The Morgan fingerprint density at radius 2 is 2.26 bits per heavy atom. The summed E-state index contributed by atoms with van der Waals surface area (Å²) in [6, 6.07) is 9.44. The molecule has 0 unspecified atom stereocenters. The Morgan fingerprint density at radius 3 is 3.00 bits per heavy atom. The summed E-state index contributed by atoms with van der Waals surface area (Å²) >= 11 is 6.16. The summed E-state index contributed by atoms with van der Waals surface area (Å²) in [7, 11) is 0. The van der Waals surface area contributed by atoms with Crippen LogP contribution in [0.4, 0.5) is 5.82 Å². The second kappa shape index (κ2) is 6.26. The quantitative estimate of drug-likeness (QED) is 0.910. The molecule has 98 valence electrons.